The van der Waals surface area contributed by atoms with Gasteiger partial charge in [-0.25, -0.2) is 0 Å². The van der Waals surface area contributed by atoms with Crippen LogP contribution in [0.2, 0.25) is 0 Å². The number of nitrogens with zero attached hydrogens (tertiary/aromatic N) is 1. The van der Waals surface area contributed by atoms with Crippen molar-refractivity contribution in [1.29, 1.82) is 0 Å². The summed E-state index contributed by atoms with van der Waals surface area (Å²) in [5.41, 5.74) is 0.593. The van der Waals surface area contributed by atoms with Crippen molar-refractivity contribution in [2.75, 3.05) is 32.1 Å². The molecule has 88 valence electrons. The number of likely N-dealkylation sites (tertiary alicyclic amines) is 1. The van der Waals surface area contributed by atoms with Gasteiger partial charge >= 0.3 is 0 Å². The quantitative estimate of drug-likeness (QED) is 0.732. The molecule has 0 bridgehead atoms. The number of halogens is 1. The van der Waals surface area contributed by atoms with Gasteiger partial charge in [0.1, 0.15) is 0 Å². The molecule has 0 spiro atoms. The highest BCUT2D eigenvalue weighted by Gasteiger charge is 2.38. The molecule has 0 aromatic rings. The van der Waals surface area contributed by atoms with Crippen LogP contribution in [-0.2, 0) is 4.74 Å². The van der Waals surface area contributed by atoms with Gasteiger partial charge in [0, 0.05) is 25.5 Å². The molecular formula is C12H22BrNO. The van der Waals surface area contributed by atoms with Gasteiger partial charge in [0.25, 0.3) is 0 Å². The fourth-order valence-corrected chi connectivity index (χ4v) is 3.57. The summed E-state index contributed by atoms with van der Waals surface area (Å²) in [6, 6.07) is 0. The number of methoxy groups -OCH3 is 1. The maximum atomic E-state index is 5.47. The predicted molar refractivity (Wildman–Crippen MR) is 66.5 cm³/mol. The molecule has 0 aromatic heterocycles. The van der Waals surface area contributed by atoms with Crippen LogP contribution in [0, 0.1) is 5.41 Å². The third-order valence-corrected chi connectivity index (χ3v) is 5.24. The minimum Gasteiger partial charge on any atom is -0.380 e. The van der Waals surface area contributed by atoms with Crippen molar-refractivity contribution in [3.8, 4) is 0 Å². The molecule has 1 saturated heterocycles. The van der Waals surface area contributed by atoms with Crippen LogP contribution in [0.3, 0.4) is 0 Å². The molecule has 1 aliphatic heterocycles. The van der Waals surface area contributed by atoms with Crippen LogP contribution >= 0.6 is 15.9 Å². The average Bonchev–Trinajstić information content (AvgIpc) is 2.24. The molecule has 15 heavy (non-hydrogen) atoms. The minimum absolute atomic E-state index is 0.478. The highest BCUT2D eigenvalue weighted by molar-refractivity contribution is 9.09. The lowest BCUT2D eigenvalue weighted by atomic mass is 9.70. The van der Waals surface area contributed by atoms with Gasteiger partial charge in [-0.3, -0.25) is 0 Å². The first-order chi connectivity index (χ1) is 7.28. The van der Waals surface area contributed by atoms with Gasteiger partial charge in [-0.15, -0.1) is 0 Å². The van der Waals surface area contributed by atoms with E-state index in [9.17, 15) is 0 Å². The molecule has 0 radical (unpaired) electrons. The Hall–Kier alpha value is 0.400. The molecule has 2 fully saturated rings. The van der Waals surface area contributed by atoms with E-state index in [0.29, 0.717) is 11.5 Å². The van der Waals surface area contributed by atoms with Crippen LogP contribution in [0.25, 0.3) is 0 Å². The van der Waals surface area contributed by atoms with E-state index in [0.717, 1.165) is 6.54 Å². The summed E-state index contributed by atoms with van der Waals surface area (Å²) < 4.78 is 5.47. The number of alkyl halides is 1. The van der Waals surface area contributed by atoms with Gasteiger partial charge in [-0.05, 0) is 37.6 Å². The van der Waals surface area contributed by atoms with Crippen LogP contribution < -0.4 is 0 Å². The van der Waals surface area contributed by atoms with Crippen LogP contribution in [0.15, 0.2) is 0 Å². The van der Waals surface area contributed by atoms with Gasteiger partial charge < -0.3 is 9.64 Å². The zero-order valence-electron chi connectivity index (χ0n) is 9.67. The summed E-state index contributed by atoms with van der Waals surface area (Å²) in [6.07, 6.45) is 7.27. The third kappa shape index (κ3) is 2.75. The largest absolute Gasteiger partial charge is 0.380 e. The number of rotatable bonds is 4. The second-order valence-electron chi connectivity index (χ2n) is 5.22. The highest BCUT2D eigenvalue weighted by atomic mass is 79.9. The SMILES string of the molecule is COC1CCCN(CC2(CBr)CCC2)C1. The van der Waals surface area contributed by atoms with Crippen molar-refractivity contribution in [3.63, 3.8) is 0 Å². The third-order valence-electron chi connectivity index (χ3n) is 4.05. The van der Waals surface area contributed by atoms with Crippen LogP contribution in [0.1, 0.15) is 32.1 Å². The van der Waals surface area contributed by atoms with E-state index in [1.807, 2.05) is 7.11 Å². The summed E-state index contributed by atoms with van der Waals surface area (Å²) in [4.78, 5) is 2.61. The van der Waals surface area contributed by atoms with Gasteiger partial charge in [-0.1, -0.05) is 22.4 Å². The maximum absolute atomic E-state index is 5.47. The van der Waals surface area contributed by atoms with E-state index < -0.39 is 0 Å². The molecular weight excluding hydrogens is 254 g/mol. The lowest BCUT2D eigenvalue weighted by molar-refractivity contribution is 0.00317. The van der Waals surface area contributed by atoms with E-state index >= 15 is 0 Å². The highest BCUT2D eigenvalue weighted by Crippen LogP contribution is 2.43. The fraction of sp³-hybridized carbons (Fsp3) is 1.00. The van der Waals surface area contributed by atoms with Gasteiger partial charge in [0.05, 0.1) is 6.10 Å². The smallest absolute Gasteiger partial charge is 0.0698 e. The van der Waals surface area contributed by atoms with Crippen molar-refractivity contribution in [2.24, 2.45) is 5.41 Å². The van der Waals surface area contributed by atoms with Gasteiger partial charge in [0.15, 0.2) is 0 Å². The molecule has 2 nitrogen and oxygen atoms in total. The summed E-state index contributed by atoms with van der Waals surface area (Å²) in [7, 11) is 1.85. The van der Waals surface area contributed by atoms with E-state index in [1.54, 1.807) is 0 Å². The molecule has 0 aromatic carbocycles. The average molecular weight is 276 g/mol. The zero-order chi connectivity index (χ0) is 10.7. The number of hydrogen-bond donors (Lipinski definition) is 0. The Morgan fingerprint density at radius 3 is 2.73 bits per heavy atom. The first-order valence-electron chi connectivity index (χ1n) is 6.09. The Morgan fingerprint density at radius 2 is 2.20 bits per heavy atom. The number of hydrogen-bond acceptors (Lipinski definition) is 2. The Morgan fingerprint density at radius 1 is 1.40 bits per heavy atom. The standard InChI is InChI=1S/C12H22BrNO/c1-15-11-4-2-7-14(8-11)10-12(9-13)5-3-6-12/h11H,2-10H2,1H3. The summed E-state index contributed by atoms with van der Waals surface area (Å²) in [5.74, 6) is 0. The maximum Gasteiger partial charge on any atom is 0.0698 e. The lowest BCUT2D eigenvalue weighted by Crippen LogP contribution is -2.48. The van der Waals surface area contributed by atoms with Crippen LogP contribution in [0.5, 0.6) is 0 Å². The fourth-order valence-electron chi connectivity index (χ4n) is 2.83. The van der Waals surface area contributed by atoms with Crippen molar-refractivity contribution in [3.05, 3.63) is 0 Å². The monoisotopic (exact) mass is 275 g/mol. The molecule has 1 saturated carbocycles. The molecule has 1 atom stereocenters. The second kappa shape index (κ2) is 5.15. The topological polar surface area (TPSA) is 12.5 Å². The number of piperidine rings is 1. The normalized spacial score (nSPS) is 31.2. The summed E-state index contributed by atoms with van der Waals surface area (Å²) in [5, 5.41) is 1.17. The van der Waals surface area contributed by atoms with E-state index in [-0.39, 0.29) is 0 Å². The van der Waals surface area contributed by atoms with E-state index in [1.165, 1.54) is 50.5 Å². The molecule has 3 heteroatoms. The van der Waals surface area contributed by atoms with Crippen LogP contribution in [-0.4, -0.2) is 43.1 Å². The predicted octanol–water partition coefficient (Wildman–Crippen LogP) is 2.66. The Bertz CT molecular complexity index is 200. The molecule has 0 N–H and O–H groups in total. The molecule has 1 heterocycles. The molecule has 2 aliphatic rings. The van der Waals surface area contributed by atoms with E-state index in [2.05, 4.69) is 20.8 Å². The van der Waals surface area contributed by atoms with Crippen molar-refractivity contribution >= 4 is 15.9 Å². The molecule has 2 rings (SSSR count). The Kier molecular flexibility index (Phi) is 4.08. The van der Waals surface area contributed by atoms with Crippen molar-refractivity contribution < 1.29 is 4.74 Å². The molecule has 1 aliphatic carbocycles. The Labute approximate surface area is 101 Å². The first kappa shape index (κ1) is 11.9. The van der Waals surface area contributed by atoms with Crippen molar-refractivity contribution in [2.45, 2.75) is 38.2 Å². The minimum atomic E-state index is 0.478. The Balaban J connectivity index is 1.82. The second-order valence-corrected chi connectivity index (χ2v) is 5.78. The molecule has 0 amide bonds. The van der Waals surface area contributed by atoms with Gasteiger partial charge in [-0.2, -0.15) is 0 Å². The lowest BCUT2D eigenvalue weighted by Gasteiger charge is -2.45. The first-order valence-corrected chi connectivity index (χ1v) is 7.21. The number of ether oxygens (including phenoxy) is 1. The van der Waals surface area contributed by atoms with Gasteiger partial charge in [0.2, 0.25) is 0 Å². The van der Waals surface area contributed by atoms with E-state index in [4.69, 9.17) is 4.74 Å². The van der Waals surface area contributed by atoms with Crippen molar-refractivity contribution in [1.82, 2.24) is 4.90 Å². The van der Waals surface area contributed by atoms with Crippen LogP contribution in [0.4, 0.5) is 0 Å². The summed E-state index contributed by atoms with van der Waals surface area (Å²) in [6.45, 7) is 3.69. The zero-order valence-corrected chi connectivity index (χ0v) is 11.3. The molecule has 1 unspecified atom stereocenters. The summed E-state index contributed by atoms with van der Waals surface area (Å²) >= 11 is 3.68.